The van der Waals surface area contributed by atoms with Crippen LogP contribution in [0.25, 0.3) is 117 Å². The fourth-order valence-electron chi connectivity index (χ4n) is 9.57. The molecule has 6 heteroatoms. The molecule has 4 aromatic heterocycles. The minimum atomic E-state index is 0.783. The molecule has 0 spiro atoms. The lowest BCUT2D eigenvalue weighted by molar-refractivity contribution is 0.669. The molecule has 0 unspecified atom stereocenters. The maximum atomic E-state index is 6.40. The molecular weight excluding hydrogens is 759 g/mol. The van der Waals surface area contributed by atoms with E-state index in [1.165, 1.54) is 21.5 Å². The van der Waals surface area contributed by atoms with Gasteiger partial charge in [-0.1, -0.05) is 140 Å². The van der Waals surface area contributed by atoms with Gasteiger partial charge in [0.15, 0.2) is 11.6 Å². The van der Waals surface area contributed by atoms with Crippen molar-refractivity contribution in [3.05, 3.63) is 212 Å². The first-order valence-corrected chi connectivity index (χ1v) is 20.9. The second-order valence-electron chi connectivity index (χ2n) is 15.9. The van der Waals surface area contributed by atoms with Crippen LogP contribution in [0.3, 0.4) is 0 Å². The molecular formula is C56H35N5O. The van der Waals surface area contributed by atoms with Crippen LogP contribution in [0.4, 0.5) is 0 Å². The lowest BCUT2D eigenvalue weighted by atomic mass is 10.0. The number of rotatable bonds is 6. The van der Waals surface area contributed by atoms with E-state index in [0.717, 1.165) is 95.0 Å². The maximum Gasteiger partial charge on any atom is 0.168 e. The third kappa shape index (κ3) is 5.23. The molecule has 62 heavy (non-hydrogen) atoms. The van der Waals surface area contributed by atoms with E-state index in [9.17, 15) is 0 Å². The highest BCUT2D eigenvalue weighted by Crippen LogP contribution is 2.40. The summed E-state index contributed by atoms with van der Waals surface area (Å²) in [5, 5.41) is 16.7. The summed E-state index contributed by atoms with van der Waals surface area (Å²) in [6, 6.07) is 75.2. The molecule has 13 aromatic rings. The first-order valence-electron chi connectivity index (χ1n) is 20.9. The number of hydrogen-bond donors (Lipinski definition) is 0. The van der Waals surface area contributed by atoms with Crippen LogP contribution in [0.2, 0.25) is 0 Å². The van der Waals surface area contributed by atoms with Crippen molar-refractivity contribution in [3.63, 3.8) is 0 Å². The number of benzene rings is 9. The fourth-order valence-corrected chi connectivity index (χ4v) is 9.57. The van der Waals surface area contributed by atoms with Gasteiger partial charge in [-0.15, -0.1) is 10.2 Å². The first kappa shape index (κ1) is 34.4. The van der Waals surface area contributed by atoms with Crippen molar-refractivity contribution >= 4 is 65.6 Å². The molecule has 0 bridgehead atoms. The zero-order valence-electron chi connectivity index (χ0n) is 33.4. The third-order valence-corrected chi connectivity index (χ3v) is 12.4. The van der Waals surface area contributed by atoms with Gasteiger partial charge < -0.3 is 13.6 Å². The average Bonchev–Trinajstić information content (AvgIpc) is 4.11. The minimum Gasteiger partial charge on any atom is -0.456 e. The van der Waals surface area contributed by atoms with Crippen molar-refractivity contribution in [2.45, 2.75) is 0 Å². The Hall–Kier alpha value is -8.48. The Balaban J connectivity index is 0.963. The Morgan fingerprint density at radius 2 is 0.790 bits per heavy atom. The van der Waals surface area contributed by atoms with E-state index in [1.807, 2.05) is 36.4 Å². The molecule has 9 aromatic carbocycles. The number of nitrogens with zero attached hydrogens (tertiary/aromatic N) is 5. The van der Waals surface area contributed by atoms with Crippen LogP contribution >= 0.6 is 0 Å². The second-order valence-corrected chi connectivity index (χ2v) is 15.9. The summed E-state index contributed by atoms with van der Waals surface area (Å²) in [4.78, 5) is 0. The monoisotopic (exact) mass is 793 g/mol. The van der Waals surface area contributed by atoms with Crippen molar-refractivity contribution in [1.29, 1.82) is 0 Å². The first-order chi connectivity index (χ1) is 30.7. The van der Waals surface area contributed by atoms with Crippen LogP contribution < -0.4 is 0 Å². The summed E-state index contributed by atoms with van der Waals surface area (Å²) in [6.07, 6.45) is 0. The zero-order valence-corrected chi connectivity index (χ0v) is 33.4. The van der Waals surface area contributed by atoms with E-state index in [-0.39, 0.29) is 0 Å². The minimum absolute atomic E-state index is 0.783. The Morgan fingerprint density at radius 3 is 1.48 bits per heavy atom. The lowest BCUT2D eigenvalue weighted by Crippen LogP contribution is -2.00. The predicted octanol–water partition coefficient (Wildman–Crippen LogP) is 14.4. The zero-order chi connectivity index (χ0) is 40.7. The molecule has 6 nitrogen and oxygen atoms in total. The molecule has 0 saturated heterocycles. The van der Waals surface area contributed by atoms with Gasteiger partial charge in [-0.3, -0.25) is 4.57 Å². The molecule has 0 atom stereocenters. The van der Waals surface area contributed by atoms with E-state index in [2.05, 4.69) is 190 Å². The topological polar surface area (TPSA) is 53.7 Å². The molecule has 0 aliphatic carbocycles. The van der Waals surface area contributed by atoms with Crippen LogP contribution in [-0.2, 0) is 0 Å². The van der Waals surface area contributed by atoms with Gasteiger partial charge in [-0.2, -0.15) is 0 Å². The van der Waals surface area contributed by atoms with E-state index in [4.69, 9.17) is 14.6 Å². The SMILES string of the molecule is c1ccc(-c2nnc(-c3ccc4c5ccccc5n(-c5cccc(-c6cccc(-n7c8ccccc8c8cc9c(cc87)oc7ccccc79)c6)c5)c4c3)n2-c2ccccc2)cc1. The van der Waals surface area contributed by atoms with Gasteiger partial charge in [-0.05, 0) is 77.9 Å². The van der Waals surface area contributed by atoms with Crippen LogP contribution in [0.1, 0.15) is 0 Å². The highest BCUT2D eigenvalue weighted by molar-refractivity contribution is 6.17. The normalized spacial score (nSPS) is 11.9. The number of aromatic nitrogens is 5. The smallest absolute Gasteiger partial charge is 0.168 e. The lowest BCUT2D eigenvalue weighted by Gasteiger charge is -2.13. The van der Waals surface area contributed by atoms with Gasteiger partial charge in [0.1, 0.15) is 11.2 Å². The summed E-state index contributed by atoms with van der Waals surface area (Å²) < 4.78 is 13.3. The van der Waals surface area contributed by atoms with Gasteiger partial charge in [0.05, 0.1) is 22.1 Å². The Labute approximate surface area is 355 Å². The second kappa shape index (κ2) is 13.5. The van der Waals surface area contributed by atoms with Gasteiger partial charge in [-0.25, -0.2) is 0 Å². The van der Waals surface area contributed by atoms with Gasteiger partial charge in [0.2, 0.25) is 0 Å². The average molecular weight is 794 g/mol. The van der Waals surface area contributed by atoms with Gasteiger partial charge in [0.25, 0.3) is 0 Å². The highest BCUT2D eigenvalue weighted by Gasteiger charge is 2.21. The van der Waals surface area contributed by atoms with E-state index < -0.39 is 0 Å². The Kier molecular flexibility index (Phi) is 7.50. The number of para-hydroxylation sites is 4. The van der Waals surface area contributed by atoms with Gasteiger partial charge >= 0.3 is 0 Å². The molecule has 0 N–H and O–H groups in total. The quantitative estimate of drug-likeness (QED) is 0.168. The Bertz CT molecular complexity index is 3870. The van der Waals surface area contributed by atoms with Crippen molar-refractivity contribution in [2.75, 3.05) is 0 Å². The summed E-state index contributed by atoms with van der Waals surface area (Å²) in [6.45, 7) is 0. The molecule has 0 saturated carbocycles. The third-order valence-electron chi connectivity index (χ3n) is 12.4. The summed E-state index contributed by atoms with van der Waals surface area (Å²) >= 11 is 0. The van der Waals surface area contributed by atoms with E-state index in [1.54, 1.807) is 0 Å². The fraction of sp³-hybridized carbons (Fsp3) is 0. The van der Waals surface area contributed by atoms with Crippen LogP contribution in [0.15, 0.2) is 217 Å². The van der Waals surface area contributed by atoms with E-state index >= 15 is 0 Å². The van der Waals surface area contributed by atoms with Crippen molar-refractivity contribution in [2.24, 2.45) is 0 Å². The molecule has 13 rings (SSSR count). The maximum absolute atomic E-state index is 6.40. The standard InChI is InChI=1S/C56H35N5O/c1-3-15-36(16-4-1)55-57-58-56(61(55)40-19-5-2-6-20-40)39-29-30-45-43-23-7-10-26-49(43)59(51(45)33-39)41-21-13-17-37(31-41)38-18-14-22-42(32-38)60-50-27-11-8-24-44(50)47-34-48-46-25-9-12-28-53(46)62-54(48)35-52(47)60/h1-35H. The number of fused-ring (bicyclic) bond motifs is 9. The molecule has 0 aliphatic heterocycles. The number of hydrogen-bond acceptors (Lipinski definition) is 3. The molecule has 0 fully saturated rings. The number of furan rings is 1. The summed E-state index contributed by atoms with van der Waals surface area (Å²) in [5.74, 6) is 1.58. The highest BCUT2D eigenvalue weighted by atomic mass is 16.3. The molecule has 0 aliphatic rings. The van der Waals surface area contributed by atoms with Crippen LogP contribution in [0.5, 0.6) is 0 Å². The molecule has 0 radical (unpaired) electrons. The summed E-state index contributed by atoms with van der Waals surface area (Å²) in [5.41, 5.74) is 13.7. The van der Waals surface area contributed by atoms with Crippen LogP contribution in [0, 0.1) is 0 Å². The molecule has 0 amide bonds. The largest absolute Gasteiger partial charge is 0.456 e. The van der Waals surface area contributed by atoms with E-state index in [0.29, 0.717) is 0 Å². The van der Waals surface area contributed by atoms with Crippen molar-refractivity contribution in [3.8, 4) is 51.0 Å². The molecule has 290 valence electrons. The molecule has 4 heterocycles. The summed E-state index contributed by atoms with van der Waals surface area (Å²) in [7, 11) is 0. The van der Waals surface area contributed by atoms with Crippen LogP contribution in [-0.4, -0.2) is 23.9 Å². The van der Waals surface area contributed by atoms with Crippen molar-refractivity contribution in [1.82, 2.24) is 23.9 Å². The van der Waals surface area contributed by atoms with Crippen molar-refractivity contribution < 1.29 is 4.42 Å². The van der Waals surface area contributed by atoms with Gasteiger partial charge in [0, 0.05) is 66.6 Å². The Morgan fingerprint density at radius 1 is 0.274 bits per heavy atom. The predicted molar refractivity (Wildman–Crippen MR) is 254 cm³/mol.